The van der Waals surface area contributed by atoms with Gasteiger partial charge in [-0.2, -0.15) is 0 Å². The molecule has 45 heavy (non-hydrogen) atoms. The van der Waals surface area contributed by atoms with Crippen molar-refractivity contribution in [2.24, 2.45) is 0 Å². The number of hydrogen-bond donors (Lipinski definition) is 2. The third kappa shape index (κ3) is 6.54. The van der Waals surface area contributed by atoms with Crippen molar-refractivity contribution in [3.8, 4) is 45.3 Å². The van der Waals surface area contributed by atoms with E-state index < -0.39 is 11.9 Å². The molecule has 0 aliphatic carbocycles. The van der Waals surface area contributed by atoms with Crippen LogP contribution in [0.2, 0.25) is 10.0 Å². The lowest BCUT2D eigenvalue weighted by atomic mass is 9.99. The molecule has 1 saturated heterocycles. The standard InChI is InChI=1S/C32H27Cl2FN4O6/c1-44-26-13-18(12-24(35)23(26)16-40)30-29(34)21(10-11-36-30)20-4-3-5-22(28(20)33)25-8-6-17(31(38-25)45-2)14-39(32(42)43)15-19-7-9-27(41)37-19/h3-6,8,10-13,16,19H,7,9,14-15H2,1-2H3,(H,37,41)(H,42,43). The minimum absolute atomic E-state index is 0.000532. The third-order valence-corrected chi connectivity index (χ3v) is 8.24. The zero-order valence-electron chi connectivity index (χ0n) is 24.1. The van der Waals surface area contributed by atoms with Crippen LogP contribution in [0.1, 0.15) is 28.8 Å². The molecule has 1 aliphatic rings. The van der Waals surface area contributed by atoms with E-state index in [1.807, 2.05) is 0 Å². The van der Waals surface area contributed by atoms with Gasteiger partial charge in [-0.25, -0.2) is 14.2 Å². The molecule has 2 N–H and O–H groups in total. The van der Waals surface area contributed by atoms with Crippen molar-refractivity contribution in [2.45, 2.75) is 25.4 Å². The Morgan fingerprint density at radius 1 is 1.11 bits per heavy atom. The molecule has 2 amide bonds. The van der Waals surface area contributed by atoms with Crippen LogP contribution in [0.25, 0.3) is 33.6 Å². The molecule has 1 atom stereocenters. The minimum atomic E-state index is -1.13. The molecule has 3 heterocycles. The normalized spacial score (nSPS) is 14.2. The lowest BCUT2D eigenvalue weighted by molar-refractivity contribution is -0.119. The van der Waals surface area contributed by atoms with Crippen LogP contribution < -0.4 is 14.8 Å². The fourth-order valence-corrected chi connectivity index (χ4v) is 5.86. The van der Waals surface area contributed by atoms with Gasteiger partial charge in [0.05, 0.1) is 47.8 Å². The maximum atomic E-state index is 14.7. The molecule has 0 bridgehead atoms. The van der Waals surface area contributed by atoms with Crippen LogP contribution in [-0.2, 0) is 11.3 Å². The Bertz CT molecular complexity index is 1800. The molecule has 2 aromatic heterocycles. The molecule has 232 valence electrons. The summed E-state index contributed by atoms with van der Waals surface area (Å²) in [6, 6.07) is 12.8. The highest BCUT2D eigenvalue weighted by molar-refractivity contribution is 6.39. The number of carboxylic acid groups (broad SMARTS) is 1. The number of benzene rings is 2. The van der Waals surface area contributed by atoms with Crippen molar-refractivity contribution < 1.29 is 33.4 Å². The molecule has 0 radical (unpaired) electrons. The molecule has 10 nitrogen and oxygen atoms in total. The van der Waals surface area contributed by atoms with Crippen LogP contribution >= 0.6 is 23.2 Å². The lowest BCUT2D eigenvalue weighted by Crippen LogP contribution is -2.41. The number of aromatic nitrogens is 2. The van der Waals surface area contributed by atoms with E-state index in [4.69, 9.17) is 32.7 Å². The average Bonchev–Trinajstić information content (AvgIpc) is 3.45. The lowest BCUT2D eigenvalue weighted by Gasteiger charge is -2.23. The van der Waals surface area contributed by atoms with Crippen molar-refractivity contribution in [1.29, 1.82) is 0 Å². The highest BCUT2D eigenvalue weighted by atomic mass is 35.5. The number of nitrogens with one attached hydrogen (secondary N) is 1. The Hall–Kier alpha value is -4.74. The summed E-state index contributed by atoms with van der Waals surface area (Å²) in [5.41, 5.74) is 2.99. The molecule has 4 aromatic rings. The minimum Gasteiger partial charge on any atom is -0.496 e. The van der Waals surface area contributed by atoms with Gasteiger partial charge in [-0.3, -0.25) is 14.6 Å². The molecule has 13 heteroatoms. The van der Waals surface area contributed by atoms with E-state index in [1.165, 1.54) is 31.4 Å². The zero-order chi connectivity index (χ0) is 32.2. The largest absolute Gasteiger partial charge is 0.496 e. The second-order valence-electron chi connectivity index (χ2n) is 10.2. The number of aldehydes is 1. The maximum Gasteiger partial charge on any atom is 0.407 e. The summed E-state index contributed by atoms with van der Waals surface area (Å²) in [6.07, 6.45) is 1.69. The number of hydrogen-bond acceptors (Lipinski definition) is 7. The van der Waals surface area contributed by atoms with Gasteiger partial charge in [-0.05, 0) is 36.8 Å². The summed E-state index contributed by atoms with van der Waals surface area (Å²) in [5, 5.41) is 13.1. The smallest absolute Gasteiger partial charge is 0.407 e. The summed E-state index contributed by atoms with van der Waals surface area (Å²) in [4.78, 5) is 45.1. The quantitative estimate of drug-likeness (QED) is 0.185. The number of pyridine rings is 2. The summed E-state index contributed by atoms with van der Waals surface area (Å²) in [6.45, 7) is 0.135. The maximum absolute atomic E-state index is 14.7. The fourth-order valence-electron chi connectivity index (χ4n) is 5.22. The summed E-state index contributed by atoms with van der Waals surface area (Å²) >= 11 is 13.7. The van der Waals surface area contributed by atoms with E-state index in [2.05, 4.69) is 15.3 Å². The van der Waals surface area contributed by atoms with Crippen LogP contribution in [0.4, 0.5) is 9.18 Å². The first-order valence-electron chi connectivity index (χ1n) is 13.7. The van der Waals surface area contributed by atoms with Crippen molar-refractivity contribution in [1.82, 2.24) is 20.2 Å². The Labute approximate surface area is 267 Å². The van der Waals surface area contributed by atoms with E-state index >= 15 is 0 Å². The van der Waals surface area contributed by atoms with Crippen LogP contribution in [0.5, 0.6) is 11.6 Å². The van der Waals surface area contributed by atoms with Gasteiger partial charge < -0.3 is 24.8 Å². The van der Waals surface area contributed by atoms with E-state index in [9.17, 15) is 23.9 Å². The van der Waals surface area contributed by atoms with Gasteiger partial charge in [0, 0.05) is 53.0 Å². The Morgan fingerprint density at radius 3 is 2.53 bits per heavy atom. The molecular weight excluding hydrogens is 626 g/mol. The number of ether oxygens (including phenoxy) is 2. The first-order valence-corrected chi connectivity index (χ1v) is 14.5. The molecular formula is C32H27Cl2FN4O6. The van der Waals surface area contributed by atoms with Crippen LogP contribution in [0.3, 0.4) is 0 Å². The Kier molecular flexibility index (Phi) is 9.50. The number of amides is 2. The van der Waals surface area contributed by atoms with Crippen molar-refractivity contribution in [2.75, 3.05) is 20.8 Å². The van der Waals surface area contributed by atoms with Crippen LogP contribution in [0, 0.1) is 5.82 Å². The summed E-state index contributed by atoms with van der Waals surface area (Å²) in [7, 11) is 2.77. The first kappa shape index (κ1) is 31.7. The monoisotopic (exact) mass is 652 g/mol. The summed E-state index contributed by atoms with van der Waals surface area (Å²) < 4.78 is 25.4. The van der Waals surface area contributed by atoms with Gasteiger partial charge in [-0.1, -0.05) is 41.4 Å². The predicted octanol–water partition coefficient (Wildman–Crippen LogP) is 6.51. The molecule has 2 aromatic carbocycles. The zero-order valence-corrected chi connectivity index (χ0v) is 25.7. The number of rotatable bonds is 10. The predicted molar refractivity (Wildman–Crippen MR) is 166 cm³/mol. The van der Waals surface area contributed by atoms with Crippen molar-refractivity contribution in [3.05, 3.63) is 81.7 Å². The van der Waals surface area contributed by atoms with Gasteiger partial charge in [0.1, 0.15) is 11.6 Å². The third-order valence-electron chi connectivity index (χ3n) is 7.45. The van der Waals surface area contributed by atoms with Gasteiger partial charge >= 0.3 is 6.09 Å². The van der Waals surface area contributed by atoms with Gasteiger partial charge in [0.25, 0.3) is 0 Å². The Balaban J connectivity index is 1.48. The fraction of sp³-hybridized carbons (Fsp3) is 0.219. The number of halogens is 3. The van der Waals surface area contributed by atoms with E-state index in [-0.39, 0.29) is 52.9 Å². The molecule has 5 rings (SSSR count). The number of methoxy groups -OCH3 is 2. The highest BCUT2D eigenvalue weighted by Gasteiger charge is 2.26. The molecule has 1 unspecified atom stereocenters. The van der Waals surface area contributed by atoms with Crippen LogP contribution in [0.15, 0.2) is 54.7 Å². The molecule has 0 saturated carbocycles. The topological polar surface area (TPSA) is 131 Å². The van der Waals surface area contributed by atoms with Gasteiger partial charge in [0.15, 0.2) is 6.29 Å². The SMILES string of the molecule is COc1cc(-c2nccc(-c3cccc(-c4ccc(CN(CC5CCC(=O)N5)C(=O)O)c(OC)n4)c3Cl)c2Cl)cc(F)c1C=O. The van der Waals surface area contributed by atoms with E-state index in [1.54, 1.807) is 36.4 Å². The van der Waals surface area contributed by atoms with Gasteiger partial charge in [0.2, 0.25) is 11.8 Å². The van der Waals surface area contributed by atoms with Crippen LogP contribution in [-0.4, -0.2) is 65.1 Å². The molecule has 0 spiro atoms. The number of carbonyl (C=O) groups excluding carboxylic acids is 2. The number of carbonyl (C=O) groups is 3. The molecule has 1 aliphatic heterocycles. The van der Waals surface area contributed by atoms with E-state index in [0.29, 0.717) is 57.7 Å². The summed E-state index contributed by atoms with van der Waals surface area (Å²) in [5.74, 6) is -0.610. The number of nitrogens with zero attached hydrogens (tertiary/aromatic N) is 3. The Morgan fingerprint density at radius 2 is 1.87 bits per heavy atom. The second kappa shape index (κ2) is 13.5. The average molecular weight is 653 g/mol. The molecule has 1 fully saturated rings. The van der Waals surface area contributed by atoms with Crippen molar-refractivity contribution >= 4 is 41.5 Å². The van der Waals surface area contributed by atoms with Gasteiger partial charge in [-0.15, -0.1) is 0 Å². The second-order valence-corrected chi connectivity index (χ2v) is 11.0. The first-order chi connectivity index (χ1) is 21.6. The van der Waals surface area contributed by atoms with E-state index in [0.717, 1.165) is 6.07 Å². The van der Waals surface area contributed by atoms with Crippen molar-refractivity contribution in [3.63, 3.8) is 0 Å². The highest BCUT2D eigenvalue weighted by Crippen LogP contribution is 2.42.